The van der Waals surface area contributed by atoms with E-state index in [0.717, 1.165) is 0 Å². The summed E-state index contributed by atoms with van der Waals surface area (Å²) in [7, 11) is 0. The molecule has 1 atom stereocenters. The SMILES string of the molecule is O=C(Nc1nn(C(=O)Oc2ccccc2)cc1[N+](=O)[O-])OS(=O)[O-]. The number of carbonyl (C=O) groups is 2. The van der Waals surface area contributed by atoms with Gasteiger partial charge in [-0.15, -0.1) is 5.10 Å². The molecule has 2 aromatic rings. The fraction of sp³-hybridized carbons (Fsp3) is 0. The molecule has 1 heterocycles. The van der Waals surface area contributed by atoms with E-state index in [9.17, 15) is 28.5 Å². The first-order valence-corrected chi connectivity index (χ1v) is 6.96. The van der Waals surface area contributed by atoms with Crippen LogP contribution in [-0.4, -0.2) is 35.7 Å². The third kappa shape index (κ3) is 4.34. The molecule has 1 N–H and O–H groups in total. The van der Waals surface area contributed by atoms with Crippen molar-refractivity contribution < 1.29 is 32.2 Å². The fourth-order valence-corrected chi connectivity index (χ4v) is 1.66. The van der Waals surface area contributed by atoms with Crippen LogP contribution in [0.4, 0.5) is 21.1 Å². The zero-order chi connectivity index (χ0) is 17.7. The van der Waals surface area contributed by atoms with E-state index in [2.05, 4.69) is 9.28 Å². The Morgan fingerprint density at radius 3 is 2.54 bits per heavy atom. The van der Waals surface area contributed by atoms with Gasteiger partial charge in [0, 0.05) is 0 Å². The van der Waals surface area contributed by atoms with Crippen molar-refractivity contribution in [1.29, 1.82) is 0 Å². The van der Waals surface area contributed by atoms with E-state index >= 15 is 0 Å². The van der Waals surface area contributed by atoms with Gasteiger partial charge in [0.05, 0.1) is 4.92 Å². The summed E-state index contributed by atoms with van der Waals surface area (Å²) in [6.07, 6.45) is -1.93. The molecular weight excluding hydrogens is 348 g/mol. The second-order valence-electron chi connectivity index (χ2n) is 3.95. The number of benzene rings is 1. The van der Waals surface area contributed by atoms with E-state index in [1.54, 1.807) is 23.5 Å². The number of nitrogens with zero attached hydrogens (tertiary/aromatic N) is 3. The lowest BCUT2D eigenvalue weighted by Crippen LogP contribution is -2.19. The maximum absolute atomic E-state index is 11.9. The predicted octanol–water partition coefficient (Wildman–Crippen LogP) is 1.18. The van der Waals surface area contributed by atoms with Gasteiger partial charge in [-0.3, -0.25) is 15.4 Å². The molecule has 0 saturated carbocycles. The van der Waals surface area contributed by atoms with Gasteiger partial charge in [0.25, 0.3) is 0 Å². The van der Waals surface area contributed by atoms with Crippen molar-refractivity contribution in [3.63, 3.8) is 0 Å². The Morgan fingerprint density at radius 2 is 1.96 bits per heavy atom. The van der Waals surface area contributed by atoms with Crippen LogP contribution in [0.5, 0.6) is 5.75 Å². The third-order valence-electron chi connectivity index (χ3n) is 2.39. The molecule has 1 amide bonds. The predicted molar refractivity (Wildman–Crippen MR) is 75.8 cm³/mol. The van der Waals surface area contributed by atoms with E-state index < -0.39 is 40.0 Å². The molecule has 0 aliphatic carbocycles. The summed E-state index contributed by atoms with van der Waals surface area (Å²) in [6.45, 7) is 0. The van der Waals surface area contributed by atoms with Crippen LogP contribution in [0.15, 0.2) is 36.5 Å². The molecule has 0 radical (unpaired) electrons. The van der Waals surface area contributed by atoms with Gasteiger partial charge in [0.2, 0.25) is 5.82 Å². The molecule has 0 bridgehead atoms. The fourth-order valence-electron chi connectivity index (χ4n) is 1.50. The number of anilines is 1. The minimum Gasteiger partial charge on any atom is -0.740 e. The minimum atomic E-state index is -3.17. The monoisotopic (exact) mass is 355 g/mol. The average molecular weight is 355 g/mol. The Balaban J connectivity index is 2.21. The summed E-state index contributed by atoms with van der Waals surface area (Å²) in [4.78, 5) is 33.0. The lowest BCUT2D eigenvalue weighted by Gasteiger charge is -2.05. The Hall–Kier alpha value is -3.32. The van der Waals surface area contributed by atoms with Crippen LogP contribution in [-0.2, 0) is 15.5 Å². The number of hydrogen-bond donors (Lipinski definition) is 1. The van der Waals surface area contributed by atoms with Crippen molar-refractivity contribution in [3.05, 3.63) is 46.6 Å². The molecule has 1 unspecified atom stereocenters. The Kier molecular flexibility index (Phi) is 5.18. The molecule has 2 rings (SSSR count). The van der Waals surface area contributed by atoms with Crippen molar-refractivity contribution in [2.75, 3.05) is 5.32 Å². The first kappa shape index (κ1) is 17.0. The Morgan fingerprint density at radius 1 is 1.29 bits per heavy atom. The minimum absolute atomic E-state index is 0.163. The summed E-state index contributed by atoms with van der Waals surface area (Å²) in [5.74, 6) is -0.531. The topological polar surface area (TPSA) is 166 Å². The number of nitro groups is 1. The summed E-state index contributed by atoms with van der Waals surface area (Å²) in [5.41, 5.74) is -0.770. The summed E-state index contributed by atoms with van der Waals surface area (Å²) in [5, 5.41) is 16.1. The second kappa shape index (κ2) is 7.30. The highest BCUT2D eigenvalue weighted by molar-refractivity contribution is 7.74. The molecule has 1 aromatic carbocycles. The lowest BCUT2D eigenvalue weighted by molar-refractivity contribution is -0.384. The van der Waals surface area contributed by atoms with Crippen molar-refractivity contribution in [2.24, 2.45) is 0 Å². The normalized spacial score (nSPS) is 11.4. The second-order valence-corrected chi connectivity index (χ2v) is 4.52. The molecule has 1 aromatic heterocycles. The summed E-state index contributed by atoms with van der Waals surface area (Å²) < 4.78 is 29.6. The zero-order valence-electron chi connectivity index (χ0n) is 11.5. The highest BCUT2D eigenvalue weighted by atomic mass is 32.2. The molecule has 12 nitrogen and oxygen atoms in total. The van der Waals surface area contributed by atoms with Gasteiger partial charge in [-0.2, -0.15) is 4.68 Å². The zero-order valence-corrected chi connectivity index (χ0v) is 12.3. The first-order valence-electron chi connectivity index (χ1n) is 5.96. The van der Waals surface area contributed by atoms with Crippen LogP contribution >= 0.6 is 0 Å². The molecule has 126 valence electrons. The standard InChI is InChI=1S/C11H8N4O8S/c16-10(23-24(20)21)12-9-8(15(18)19)6-14(13-9)11(17)22-7-4-2-1-3-5-7/h1-6H,(H,20,21)(H,12,13,16)/p-1. The van der Waals surface area contributed by atoms with Crippen molar-refractivity contribution in [1.82, 2.24) is 9.78 Å². The van der Waals surface area contributed by atoms with Crippen LogP contribution in [0, 0.1) is 10.1 Å². The smallest absolute Gasteiger partial charge is 0.440 e. The maximum Gasteiger partial charge on any atom is 0.440 e. The van der Waals surface area contributed by atoms with E-state index in [4.69, 9.17) is 4.74 Å². The van der Waals surface area contributed by atoms with Gasteiger partial charge in [-0.1, -0.05) is 18.2 Å². The van der Waals surface area contributed by atoms with Crippen LogP contribution in [0.3, 0.4) is 0 Å². The van der Waals surface area contributed by atoms with Crippen LogP contribution in [0.2, 0.25) is 0 Å². The van der Waals surface area contributed by atoms with Crippen LogP contribution in [0.25, 0.3) is 0 Å². The average Bonchev–Trinajstić information content (AvgIpc) is 2.91. The van der Waals surface area contributed by atoms with E-state index in [0.29, 0.717) is 10.9 Å². The number of carbonyl (C=O) groups excluding carboxylic acids is 2. The van der Waals surface area contributed by atoms with Crippen LogP contribution in [0.1, 0.15) is 0 Å². The molecule has 0 fully saturated rings. The van der Waals surface area contributed by atoms with Crippen LogP contribution < -0.4 is 10.1 Å². The number of rotatable bonds is 4. The summed E-state index contributed by atoms with van der Waals surface area (Å²) in [6, 6.07) is 7.82. The number of nitrogens with one attached hydrogen (secondary N) is 1. The highest BCUT2D eigenvalue weighted by Gasteiger charge is 2.25. The maximum atomic E-state index is 11.9. The van der Waals surface area contributed by atoms with Gasteiger partial charge in [-0.25, -0.2) is 13.8 Å². The van der Waals surface area contributed by atoms with Gasteiger partial charge in [-0.05, 0) is 12.1 Å². The third-order valence-corrected chi connectivity index (χ3v) is 2.68. The van der Waals surface area contributed by atoms with Gasteiger partial charge >= 0.3 is 17.9 Å². The molecule has 24 heavy (non-hydrogen) atoms. The number of aromatic nitrogens is 2. The van der Waals surface area contributed by atoms with Crippen molar-refractivity contribution in [3.8, 4) is 5.75 Å². The molecule has 0 spiro atoms. The Bertz CT molecular complexity index is 806. The van der Waals surface area contributed by atoms with E-state index in [-0.39, 0.29) is 5.75 Å². The number of para-hydroxylation sites is 1. The van der Waals surface area contributed by atoms with E-state index in [1.165, 1.54) is 12.1 Å². The first-order chi connectivity index (χ1) is 11.4. The van der Waals surface area contributed by atoms with E-state index in [1.807, 2.05) is 0 Å². The molecule has 0 aliphatic heterocycles. The summed E-state index contributed by atoms with van der Waals surface area (Å²) >= 11 is -3.17. The van der Waals surface area contributed by atoms with Crippen molar-refractivity contribution >= 4 is 35.1 Å². The molecule has 0 aliphatic rings. The quantitative estimate of drug-likeness (QED) is 0.481. The Labute approximate surface area is 135 Å². The highest BCUT2D eigenvalue weighted by Crippen LogP contribution is 2.22. The molecular formula is C11H7N4O8S-. The van der Waals surface area contributed by atoms with Gasteiger partial charge in [0.15, 0.2) is 0 Å². The largest absolute Gasteiger partial charge is 0.740 e. The number of amides is 1. The van der Waals surface area contributed by atoms with Crippen molar-refractivity contribution in [2.45, 2.75) is 0 Å². The molecule has 0 saturated heterocycles. The molecule has 13 heteroatoms. The van der Waals surface area contributed by atoms with Gasteiger partial charge in [0.1, 0.15) is 23.3 Å². The number of ether oxygens (including phenoxy) is 1. The van der Waals surface area contributed by atoms with Gasteiger partial charge < -0.3 is 13.5 Å². The number of hydrogen-bond acceptors (Lipinski definition) is 9. The lowest BCUT2D eigenvalue weighted by atomic mass is 10.3.